The van der Waals surface area contributed by atoms with Crippen molar-refractivity contribution in [1.82, 2.24) is 5.32 Å². The molecule has 0 bridgehead atoms. The number of rotatable bonds is 10. The highest BCUT2D eigenvalue weighted by atomic mass is 32.2. The van der Waals surface area contributed by atoms with Crippen molar-refractivity contribution in [3.8, 4) is 11.5 Å². The van der Waals surface area contributed by atoms with E-state index < -0.39 is 16.1 Å². The third-order valence-corrected chi connectivity index (χ3v) is 6.09. The molecule has 0 aromatic heterocycles. The number of methoxy groups -OCH3 is 2. The van der Waals surface area contributed by atoms with Gasteiger partial charge < -0.3 is 14.8 Å². The Kier molecular flexibility index (Phi) is 8.11. The summed E-state index contributed by atoms with van der Waals surface area (Å²) in [6, 6.07) is 11.9. The second kappa shape index (κ2) is 10.3. The Morgan fingerprint density at radius 2 is 1.63 bits per heavy atom. The van der Waals surface area contributed by atoms with Gasteiger partial charge in [-0.15, -0.1) is 0 Å². The summed E-state index contributed by atoms with van der Waals surface area (Å²) in [5.41, 5.74) is 2.53. The fraction of sp³-hybridized carbons (Fsp3) is 0.409. The van der Waals surface area contributed by atoms with Crippen LogP contribution in [0.5, 0.6) is 11.5 Å². The molecule has 164 valence electrons. The van der Waals surface area contributed by atoms with Crippen molar-refractivity contribution in [1.29, 1.82) is 0 Å². The maximum Gasteiger partial charge on any atom is 0.243 e. The minimum Gasteiger partial charge on any atom is -0.493 e. The molecule has 8 heteroatoms. The van der Waals surface area contributed by atoms with Crippen LogP contribution >= 0.6 is 0 Å². The minimum absolute atomic E-state index is 0.361. The van der Waals surface area contributed by atoms with Gasteiger partial charge >= 0.3 is 0 Å². The van der Waals surface area contributed by atoms with E-state index in [1.54, 1.807) is 33.3 Å². The number of nitrogens with one attached hydrogen (secondary N) is 1. The van der Waals surface area contributed by atoms with Crippen LogP contribution in [0.1, 0.15) is 25.0 Å². The highest BCUT2D eigenvalue weighted by Gasteiger charge is 2.28. The zero-order chi connectivity index (χ0) is 22.3. The second-order valence-corrected chi connectivity index (χ2v) is 8.84. The van der Waals surface area contributed by atoms with Gasteiger partial charge in [-0.3, -0.25) is 9.10 Å². The summed E-state index contributed by atoms with van der Waals surface area (Å²) in [6.45, 7) is 3.98. The summed E-state index contributed by atoms with van der Waals surface area (Å²) in [5, 5.41) is 2.82. The van der Waals surface area contributed by atoms with E-state index in [0.717, 1.165) is 28.1 Å². The number of amides is 1. The Bertz CT molecular complexity index is 958. The molecule has 1 amide bonds. The maximum atomic E-state index is 12.7. The highest BCUT2D eigenvalue weighted by Crippen LogP contribution is 2.27. The van der Waals surface area contributed by atoms with E-state index in [2.05, 4.69) is 5.32 Å². The van der Waals surface area contributed by atoms with Crippen LogP contribution in [-0.4, -0.2) is 47.4 Å². The van der Waals surface area contributed by atoms with Crippen LogP contribution in [0.3, 0.4) is 0 Å². The van der Waals surface area contributed by atoms with E-state index >= 15 is 0 Å². The fourth-order valence-electron chi connectivity index (χ4n) is 3.20. The topological polar surface area (TPSA) is 84.9 Å². The van der Waals surface area contributed by atoms with Crippen LogP contribution in [0.25, 0.3) is 0 Å². The van der Waals surface area contributed by atoms with Gasteiger partial charge in [-0.05, 0) is 55.2 Å². The molecule has 0 unspecified atom stereocenters. The van der Waals surface area contributed by atoms with Gasteiger partial charge in [-0.1, -0.05) is 25.1 Å². The van der Waals surface area contributed by atoms with Crippen molar-refractivity contribution >= 4 is 21.6 Å². The number of carbonyl (C=O) groups excluding carboxylic acids is 1. The van der Waals surface area contributed by atoms with E-state index in [4.69, 9.17) is 9.47 Å². The standard InChI is InChI=1S/C22H30N2O5S/c1-6-17-7-10-19(11-8-17)24(30(5,26)27)16(2)22(25)23-14-13-18-9-12-20(28-3)21(15-18)29-4/h7-12,15-16H,6,13-14H2,1-5H3,(H,23,25)/t16-/m0/s1. The van der Waals surface area contributed by atoms with Crippen molar-refractivity contribution in [2.24, 2.45) is 0 Å². The van der Waals surface area contributed by atoms with Crippen molar-refractivity contribution < 1.29 is 22.7 Å². The minimum atomic E-state index is -3.63. The number of hydrogen-bond donors (Lipinski definition) is 1. The van der Waals surface area contributed by atoms with Crippen LogP contribution in [0.15, 0.2) is 42.5 Å². The van der Waals surface area contributed by atoms with Crippen LogP contribution in [0.4, 0.5) is 5.69 Å². The van der Waals surface area contributed by atoms with Gasteiger partial charge in [0.15, 0.2) is 11.5 Å². The number of ether oxygens (including phenoxy) is 2. The largest absolute Gasteiger partial charge is 0.493 e. The molecular formula is C22H30N2O5S. The molecule has 0 fully saturated rings. The van der Waals surface area contributed by atoms with Crippen molar-refractivity contribution in [3.63, 3.8) is 0 Å². The van der Waals surface area contributed by atoms with Gasteiger partial charge in [0, 0.05) is 6.54 Å². The third kappa shape index (κ3) is 5.89. The van der Waals surface area contributed by atoms with Gasteiger partial charge in [0.2, 0.25) is 15.9 Å². The van der Waals surface area contributed by atoms with Crippen LogP contribution in [-0.2, 0) is 27.7 Å². The number of sulfonamides is 1. The van der Waals surface area contributed by atoms with E-state index in [0.29, 0.717) is 30.2 Å². The lowest BCUT2D eigenvalue weighted by Gasteiger charge is -2.28. The SMILES string of the molecule is CCc1ccc(N([C@@H](C)C(=O)NCCc2ccc(OC)c(OC)c2)S(C)(=O)=O)cc1. The molecule has 0 aliphatic carbocycles. The fourth-order valence-corrected chi connectivity index (χ4v) is 4.38. The Labute approximate surface area is 179 Å². The Morgan fingerprint density at radius 3 is 2.17 bits per heavy atom. The first-order chi connectivity index (χ1) is 14.2. The van der Waals surface area contributed by atoms with Crippen LogP contribution in [0.2, 0.25) is 0 Å². The maximum absolute atomic E-state index is 12.7. The quantitative estimate of drug-likeness (QED) is 0.622. The monoisotopic (exact) mass is 434 g/mol. The Hall–Kier alpha value is -2.74. The van der Waals surface area contributed by atoms with Gasteiger partial charge in [0.05, 0.1) is 26.2 Å². The molecular weight excluding hydrogens is 404 g/mol. The lowest BCUT2D eigenvalue weighted by atomic mass is 10.1. The molecule has 7 nitrogen and oxygen atoms in total. The van der Waals surface area contributed by atoms with E-state index in [9.17, 15) is 13.2 Å². The molecule has 0 saturated carbocycles. The van der Waals surface area contributed by atoms with Gasteiger partial charge in [0.1, 0.15) is 6.04 Å². The Balaban J connectivity index is 2.06. The first-order valence-electron chi connectivity index (χ1n) is 9.78. The summed E-state index contributed by atoms with van der Waals surface area (Å²) in [4.78, 5) is 12.7. The van der Waals surface area contributed by atoms with Gasteiger partial charge in [0.25, 0.3) is 0 Å². The van der Waals surface area contributed by atoms with E-state index in [1.165, 1.54) is 0 Å². The van der Waals surface area contributed by atoms with Crippen molar-refractivity contribution in [3.05, 3.63) is 53.6 Å². The lowest BCUT2D eigenvalue weighted by Crippen LogP contribution is -2.48. The number of aryl methyl sites for hydroxylation is 1. The molecule has 1 N–H and O–H groups in total. The smallest absolute Gasteiger partial charge is 0.243 e. The molecule has 0 aliphatic heterocycles. The molecule has 2 aromatic carbocycles. The molecule has 1 atom stereocenters. The van der Waals surface area contributed by atoms with E-state index in [-0.39, 0.29) is 5.91 Å². The van der Waals surface area contributed by atoms with Crippen LogP contribution < -0.4 is 19.1 Å². The molecule has 0 aliphatic rings. The van der Waals surface area contributed by atoms with Crippen molar-refractivity contribution in [2.75, 3.05) is 31.3 Å². The predicted octanol–water partition coefficient (Wildman–Crippen LogP) is 2.78. The van der Waals surface area contributed by atoms with Gasteiger partial charge in [-0.2, -0.15) is 0 Å². The molecule has 2 aromatic rings. The van der Waals surface area contributed by atoms with Crippen molar-refractivity contribution in [2.45, 2.75) is 32.7 Å². The summed E-state index contributed by atoms with van der Waals surface area (Å²) in [7, 11) is -0.494. The Morgan fingerprint density at radius 1 is 1.03 bits per heavy atom. The highest BCUT2D eigenvalue weighted by molar-refractivity contribution is 7.92. The first kappa shape index (κ1) is 23.5. The third-order valence-electron chi connectivity index (χ3n) is 4.85. The number of carbonyl (C=O) groups is 1. The molecule has 2 rings (SSSR count). The molecule has 0 saturated heterocycles. The van der Waals surface area contributed by atoms with Gasteiger partial charge in [-0.25, -0.2) is 8.42 Å². The number of benzene rings is 2. The first-order valence-corrected chi connectivity index (χ1v) is 11.6. The molecule has 30 heavy (non-hydrogen) atoms. The number of anilines is 1. The second-order valence-electron chi connectivity index (χ2n) is 6.99. The zero-order valence-corrected chi connectivity index (χ0v) is 19.0. The summed E-state index contributed by atoms with van der Waals surface area (Å²) in [5.74, 6) is 0.894. The lowest BCUT2D eigenvalue weighted by molar-refractivity contribution is -0.121. The predicted molar refractivity (Wildman–Crippen MR) is 119 cm³/mol. The van der Waals surface area contributed by atoms with E-state index in [1.807, 2.05) is 37.3 Å². The molecule has 0 spiro atoms. The normalized spacial score (nSPS) is 12.2. The van der Waals surface area contributed by atoms with Crippen LogP contribution in [0, 0.1) is 0 Å². The number of hydrogen-bond acceptors (Lipinski definition) is 5. The summed E-state index contributed by atoms with van der Waals surface area (Å²) >= 11 is 0. The molecule has 0 radical (unpaired) electrons. The molecule has 0 heterocycles. The zero-order valence-electron chi connectivity index (χ0n) is 18.1. The average Bonchev–Trinajstić information content (AvgIpc) is 2.73. The average molecular weight is 435 g/mol. The summed E-state index contributed by atoms with van der Waals surface area (Å²) < 4.78 is 36.4. The summed E-state index contributed by atoms with van der Waals surface area (Å²) in [6.07, 6.45) is 2.53. The number of nitrogens with zero attached hydrogens (tertiary/aromatic N) is 1.